The summed E-state index contributed by atoms with van der Waals surface area (Å²) in [5, 5.41) is 2.83. The number of rotatable bonds is 6. The van der Waals surface area contributed by atoms with Crippen molar-refractivity contribution in [1.82, 2.24) is 5.32 Å². The lowest BCUT2D eigenvalue weighted by Gasteiger charge is -2.24. The van der Waals surface area contributed by atoms with Gasteiger partial charge in [-0.3, -0.25) is 0 Å². The van der Waals surface area contributed by atoms with Gasteiger partial charge >= 0.3 is 12.1 Å². The monoisotopic (exact) mass is 285 g/mol. The number of hydrogen-bond donors (Lipinski definition) is 1. The molecule has 0 aromatic carbocycles. The van der Waals surface area contributed by atoms with Gasteiger partial charge in [-0.1, -0.05) is 19.9 Å². The van der Waals surface area contributed by atoms with Crippen LogP contribution < -0.4 is 5.32 Å². The van der Waals surface area contributed by atoms with Crippen LogP contribution in [-0.4, -0.2) is 30.8 Å². The topological polar surface area (TPSA) is 64.6 Å². The maximum Gasteiger partial charge on any atom is 0.407 e. The van der Waals surface area contributed by atoms with E-state index >= 15 is 0 Å². The summed E-state index contributed by atoms with van der Waals surface area (Å²) in [6, 6.07) is -0.0641. The number of nitrogens with one attached hydrogen (secondary N) is 1. The molecule has 0 aromatic heterocycles. The molecule has 0 saturated heterocycles. The molecule has 0 rings (SSSR count). The summed E-state index contributed by atoms with van der Waals surface area (Å²) in [4.78, 5) is 22.8. The van der Waals surface area contributed by atoms with Crippen molar-refractivity contribution in [3.8, 4) is 0 Å². The third kappa shape index (κ3) is 10.4. The van der Waals surface area contributed by atoms with E-state index < -0.39 is 17.7 Å². The fraction of sp³-hybridized carbons (Fsp3) is 0.733. The van der Waals surface area contributed by atoms with Gasteiger partial charge in [-0.15, -0.1) is 0 Å². The molecule has 0 spiro atoms. The molecule has 1 N–H and O–H groups in total. The van der Waals surface area contributed by atoms with E-state index in [1.165, 1.54) is 13.2 Å². The summed E-state index contributed by atoms with van der Waals surface area (Å²) in [5.41, 5.74) is -0.520. The quantitative estimate of drug-likeness (QED) is 0.602. The Labute approximate surface area is 121 Å². The van der Waals surface area contributed by atoms with Gasteiger partial charge in [0.15, 0.2) is 0 Å². The van der Waals surface area contributed by atoms with Gasteiger partial charge in [0.1, 0.15) is 5.60 Å². The molecule has 1 amide bonds. The van der Waals surface area contributed by atoms with Gasteiger partial charge in [0.25, 0.3) is 0 Å². The average Bonchev–Trinajstić information content (AvgIpc) is 2.24. The highest BCUT2D eigenvalue weighted by Crippen LogP contribution is 2.11. The van der Waals surface area contributed by atoms with Crippen LogP contribution in [0.4, 0.5) is 4.79 Å². The van der Waals surface area contributed by atoms with Crippen molar-refractivity contribution in [1.29, 1.82) is 0 Å². The summed E-state index contributed by atoms with van der Waals surface area (Å²) in [6.45, 7) is 9.62. The van der Waals surface area contributed by atoms with E-state index in [0.717, 1.165) is 6.42 Å². The lowest BCUT2D eigenvalue weighted by Crippen LogP contribution is -2.39. The lowest BCUT2D eigenvalue weighted by molar-refractivity contribution is -0.134. The fourth-order valence-electron chi connectivity index (χ4n) is 1.65. The largest absolute Gasteiger partial charge is 0.466 e. The number of carbonyl (C=O) groups is 2. The van der Waals surface area contributed by atoms with E-state index in [9.17, 15) is 9.59 Å². The standard InChI is InChI=1S/C15H27NO4/c1-11(2)10-12(8-7-9-13(17)19-6)16-14(18)20-15(3,4)5/h7,9,11-12H,8,10H2,1-6H3,(H,16,18)/b9-7+/t12-/m1/s1. The van der Waals surface area contributed by atoms with Crippen LogP contribution in [0.3, 0.4) is 0 Å². The fourth-order valence-corrected chi connectivity index (χ4v) is 1.65. The normalized spacial score (nSPS) is 13.3. The molecule has 0 heterocycles. The number of methoxy groups -OCH3 is 1. The molecule has 0 radical (unpaired) electrons. The molecule has 0 aliphatic rings. The molecular formula is C15H27NO4. The Morgan fingerprint density at radius 1 is 1.25 bits per heavy atom. The van der Waals surface area contributed by atoms with Crippen molar-refractivity contribution >= 4 is 12.1 Å². The van der Waals surface area contributed by atoms with E-state index in [-0.39, 0.29) is 6.04 Å². The van der Waals surface area contributed by atoms with E-state index in [2.05, 4.69) is 23.9 Å². The molecule has 20 heavy (non-hydrogen) atoms. The van der Waals surface area contributed by atoms with Crippen LogP contribution in [0.1, 0.15) is 47.5 Å². The summed E-state index contributed by atoms with van der Waals surface area (Å²) in [7, 11) is 1.33. The molecule has 5 heteroatoms. The number of carbonyl (C=O) groups excluding carboxylic acids is 2. The maximum atomic E-state index is 11.8. The second-order valence-corrected chi connectivity index (χ2v) is 6.13. The first kappa shape index (κ1) is 18.5. The SMILES string of the molecule is COC(=O)/C=C/C[C@H](CC(C)C)NC(=O)OC(C)(C)C. The summed E-state index contributed by atoms with van der Waals surface area (Å²) < 4.78 is 9.75. The smallest absolute Gasteiger partial charge is 0.407 e. The zero-order chi connectivity index (χ0) is 15.8. The first-order chi connectivity index (χ1) is 9.14. The molecule has 116 valence electrons. The predicted octanol–water partition coefficient (Wildman–Crippen LogP) is 3.05. The molecule has 0 bridgehead atoms. The predicted molar refractivity (Wildman–Crippen MR) is 78.4 cm³/mol. The van der Waals surface area contributed by atoms with Crippen LogP contribution in [0.2, 0.25) is 0 Å². The van der Waals surface area contributed by atoms with Crippen LogP contribution in [0.15, 0.2) is 12.2 Å². The number of amides is 1. The zero-order valence-corrected chi connectivity index (χ0v) is 13.4. The number of esters is 1. The average molecular weight is 285 g/mol. The van der Waals surface area contributed by atoms with Gasteiger partial charge in [0.2, 0.25) is 0 Å². The highest BCUT2D eigenvalue weighted by molar-refractivity contribution is 5.81. The van der Waals surface area contributed by atoms with Gasteiger partial charge in [-0.25, -0.2) is 9.59 Å². The summed E-state index contributed by atoms with van der Waals surface area (Å²) in [6.07, 6.45) is 4.01. The third-order valence-corrected chi connectivity index (χ3v) is 2.35. The number of ether oxygens (including phenoxy) is 2. The molecular weight excluding hydrogens is 258 g/mol. The lowest BCUT2D eigenvalue weighted by atomic mass is 10.0. The van der Waals surface area contributed by atoms with Gasteiger partial charge in [-0.05, 0) is 39.5 Å². The van der Waals surface area contributed by atoms with Crippen molar-refractivity contribution in [2.75, 3.05) is 7.11 Å². The van der Waals surface area contributed by atoms with E-state index in [1.54, 1.807) is 6.08 Å². The van der Waals surface area contributed by atoms with Gasteiger partial charge < -0.3 is 14.8 Å². The molecule has 0 unspecified atom stereocenters. The highest BCUT2D eigenvalue weighted by Gasteiger charge is 2.19. The summed E-state index contributed by atoms with van der Waals surface area (Å²) >= 11 is 0. The van der Waals surface area contributed by atoms with Crippen LogP contribution in [0.25, 0.3) is 0 Å². The van der Waals surface area contributed by atoms with Crippen molar-refractivity contribution < 1.29 is 19.1 Å². The van der Waals surface area contributed by atoms with E-state index in [4.69, 9.17) is 4.74 Å². The van der Waals surface area contributed by atoms with E-state index in [0.29, 0.717) is 12.3 Å². The van der Waals surface area contributed by atoms with Gasteiger partial charge in [0, 0.05) is 12.1 Å². The van der Waals surface area contributed by atoms with Crippen LogP contribution in [-0.2, 0) is 14.3 Å². The Kier molecular flexibility index (Phi) is 7.96. The minimum Gasteiger partial charge on any atom is -0.466 e. The summed E-state index contributed by atoms with van der Waals surface area (Å²) in [5.74, 6) is 0.0343. The van der Waals surface area contributed by atoms with Crippen LogP contribution in [0.5, 0.6) is 0 Å². The highest BCUT2D eigenvalue weighted by atomic mass is 16.6. The Morgan fingerprint density at radius 2 is 1.85 bits per heavy atom. The molecule has 1 atom stereocenters. The van der Waals surface area contributed by atoms with Gasteiger partial charge in [0.05, 0.1) is 7.11 Å². The van der Waals surface area contributed by atoms with Crippen molar-refractivity contribution in [3.05, 3.63) is 12.2 Å². The third-order valence-electron chi connectivity index (χ3n) is 2.35. The van der Waals surface area contributed by atoms with Crippen molar-refractivity contribution in [2.24, 2.45) is 5.92 Å². The second kappa shape index (κ2) is 8.61. The number of hydrogen-bond acceptors (Lipinski definition) is 4. The molecule has 0 saturated carbocycles. The molecule has 0 aliphatic carbocycles. The van der Waals surface area contributed by atoms with Crippen molar-refractivity contribution in [3.63, 3.8) is 0 Å². The van der Waals surface area contributed by atoms with Crippen LogP contribution in [0, 0.1) is 5.92 Å². The molecule has 5 nitrogen and oxygen atoms in total. The van der Waals surface area contributed by atoms with Crippen molar-refractivity contribution in [2.45, 2.75) is 59.1 Å². The van der Waals surface area contributed by atoms with Gasteiger partial charge in [-0.2, -0.15) is 0 Å². The van der Waals surface area contributed by atoms with Crippen LogP contribution >= 0.6 is 0 Å². The Balaban J connectivity index is 4.45. The molecule has 0 aliphatic heterocycles. The molecule has 0 fully saturated rings. The Morgan fingerprint density at radius 3 is 2.30 bits per heavy atom. The number of alkyl carbamates (subject to hydrolysis) is 1. The van der Waals surface area contributed by atoms with E-state index in [1.807, 2.05) is 20.8 Å². The second-order valence-electron chi connectivity index (χ2n) is 6.13. The Hall–Kier alpha value is -1.52. The minimum atomic E-state index is -0.520. The zero-order valence-electron chi connectivity index (χ0n) is 13.4. The maximum absolute atomic E-state index is 11.8. The first-order valence-electron chi connectivity index (χ1n) is 6.88. The Bertz CT molecular complexity index is 342. The minimum absolute atomic E-state index is 0.0641. The molecule has 0 aromatic rings. The first-order valence-corrected chi connectivity index (χ1v) is 6.88.